The highest BCUT2D eigenvalue weighted by molar-refractivity contribution is 5.85. The Morgan fingerprint density at radius 2 is 2.13 bits per heavy atom. The van der Waals surface area contributed by atoms with Gasteiger partial charge in [-0.3, -0.25) is 4.98 Å². The predicted molar refractivity (Wildman–Crippen MR) is 61.3 cm³/mol. The van der Waals surface area contributed by atoms with Crippen LogP contribution in [-0.2, 0) is 0 Å². The maximum absolute atomic E-state index is 8.93. The van der Waals surface area contributed by atoms with Crippen molar-refractivity contribution >= 4 is 18.1 Å². The van der Waals surface area contributed by atoms with Crippen LogP contribution in [0.1, 0.15) is 5.56 Å². The quantitative estimate of drug-likeness (QED) is 0.766. The molecule has 2 heterocycles. The molecule has 1 aromatic rings. The molecule has 0 atom stereocenters. The van der Waals surface area contributed by atoms with E-state index in [1.165, 1.54) is 0 Å². The Labute approximate surface area is 95.3 Å². The monoisotopic (exact) mass is 224 g/mol. The van der Waals surface area contributed by atoms with Crippen molar-refractivity contribution in [3.63, 3.8) is 0 Å². The number of halogens is 1. The molecule has 2 rings (SSSR count). The zero-order chi connectivity index (χ0) is 9.80. The van der Waals surface area contributed by atoms with Crippen molar-refractivity contribution < 1.29 is 0 Å². The lowest BCUT2D eigenvalue weighted by molar-refractivity contribution is 0.588. The molecule has 1 N–H and O–H groups in total. The highest BCUT2D eigenvalue weighted by Gasteiger charge is 2.13. The van der Waals surface area contributed by atoms with Gasteiger partial charge in [0, 0.05) is 32.4 Å². The molecular weight excluding hydrogens is 212 g/mol. The van der Waals surface area contributed by atoms with Crippen molar-refractivity contribution in [1.29, 1.82) is 5.26 Å². The lowest BCUT2D eigenvalue weighted by Gasteiger charge is -2.29. The van der Waals surface area contributed by atoms with Crippen LogP contribution in [0.25, 0.3) is 0 Å². The molecule has 0 unspecified atom stereocenters. The Kier molecular flexibility index (Phi) is 4.35. The van der Waals surface area contributed by atoms with E-state index in [1.54, 1.807) is 18.5 Å². The van der Waals surface area contributed by atoms with Gasteiger partial charge < -0.3 is 10.2 Å². The number of nitrogens with zero attached hydrogens (tertiary/aromatic N) is 3. The van der Waals surface area contributed by atoms with Gasteiger partial charge in [-0.25, -0.2) is 0 Å². The topological polar surface area (TPSA) is 52.0 Å². The minimum Gasteiger partial charge on any atom is -0.367 e. The molecular formula is C10H13ClN4. The Morgan fingerprint density at radius 1 is 1.40 bits per heavy atom. The van der Waals surface area contributed by atoms with Crippen LogP contribution in [0, 0.1) is 11.3 Å². The van der Waals surface area contributed by atoms with Gasteiger partial charge in [0.15, 0.2) is 0 Å². The van der Waals surface area contributed by atoms with Crippen molar-refractivity contribution in [3.8, 4) is 6.07 Å². The lowest BCUT2D eigenvalue weighted by Crippen LogP contribution is -2.43. The van der Waals surface area contributed by atoms with Crippen LogP contribution in [-0.4, -0.2) is 31.2 Å². The molecule has 4 nitrogen and oxygen atoms in total. The van der Waals surface area contributed by atoms with E-state index in [1.807, 2.05) is 0 Å². The first-order chi connectivity index (χ1) is 6.92. The Morgan fingerprint density at radius 3 is 2.80 bits per heavy atom. The van der Waals surface area contributed by atoms with E-state index >= 15 is 0 Å². The fourth-order valence-corrected chi connectivity index (χ4v) is 1.64. The summed E-state index contributed by atoms with van der Waals surface area (Å²) in [7, 11) is 0. The van der Waals surface area contributed by atoms with E-state index in [4.69, 9.17) is 5.26 Å². The Balaban J connectivity index is 0.00000112. The van der Waals surface area contributed by atoms with Crippen LogP contribution < -0.4 is 10.2 Å². The first-order valence-electron chi connectivity index (χ1n) is 4.71. The minimum absolute atomic E-state index is 0. The van der Waals surface area contributed by atoms with Crippen LogP contribution >= 0.6 is 12.4 Å². The molecule has 1 aromatic heterocycles. The van der Waals surface area contributed by atoms with Gasteiger partial charge in [-0.2, -0.15) is 5.26 Å². The van der Waals surface area contributed by atoms with Crippen molar-refractivity contribution in [2.45, 2.75) is 0 Å². The van der Waals surface area contributed by atoms with Crippen LogP contribution in [0.5, 0.6) is 0 Å². The molecule has 15 heavy (non-hydrogen) atoms. The maximum atomic E-state index is 8.93. The number of aromatic nitrogens is 1. The number of rotatable bonds is 1. The number of piperazine rings is 1. The van der Waals surface area contributed by atoms with E-state index in [-0.39, 0.29) is 12.4 Å². The second-order valence-corrected chi connectivity index (χ2v) is 3.24. The third-order valence-electron chi connectivity index (χ3n) is 2.38. The summed E-state index contributed by atoms with van der Waals surface area (Å²) >= 11 is 0. The first-order valence-corrected chi connectivity index (χ1v) is 4.71. The zero-order valence-electron chi connectivity index (χ0n) is 8.31. The molecule has 0 bridgehead atoms. The molecule has 0 spiro atoms. The number of nitriles is 1. The van der Waals surface area contributed by atoms with Crippen molar-refractivity contribution in [2.24, 2.45) is 0 Å². The predicted octanol–water partition coefficient (Wildman–Crippen LogP) is 0.785. The van der Waals surface area contributed by atoms with Crippen molar-refractivity contribution in [3.05, 3.63) is 24.0 Å². The van der Waals surface area contributed by atoms with E-state index in [9.17, 15) is 0 Å². The van der Waals surface area contributed by atoms with Gasteiger partial charge in [0.25, 0.3) is 0 Å². The lowest BCUT2D eigenvalue weighted by atomic mass is 10.2. The summed E-state index contributed by atoms with van der Waals surface area (Å²) in [5.74, 6) is 0. The molecule has 0 aromatic carbocycles. The molecule has 1 saturated heterocycles. The molecule has 0 radical (unpaired) electrons. The van der Waals surface area contributed by atoms with E-state index < -0.39 is 0 Å². The molecule has 80 valence electrons. The third-order valence-corrected chi connectivity index (χ3v) is 2.38. The van der Waals surface area contributed by atoms with E-state index in [2.05, 4.69) is 21.3 Å². The van der Waals surface area contributed by atoms with Gasteiger partial charge in [0.2, 0.25) is 0 Å². The summed E-state index contributed by atoms with van der Waals surface area (Å²) in [6.07, 6.45) is 3.42. The van der Waals surface area contributed by atoms with Crippen LogP contribution in [0.2, 0.25) is 0 Å². The molecule has 1 aliphatic heterocycles. The number of anilines is 1. The second kappa shape index (κ2) is 5.54. The number of pyridine rings is 1. The maximum Gasteiger partial charge on any atom is 0.101 e. The average Bonchev–Trinajstić information content (AvgIpc) is 2.30. The molecule has 0 saturated carbocycles. The van der Waals surface area contributed by atoms with Crippen molar-refractivity contribution in [2.75, 3.05) is 31.1 Å². The summed E-state index contributed by atoms with van der Waals surface area (Å²) in [5.41, 5.74) is 1.67. The van der Waals surface area contributed by atoms with Crippen LogP contribution in [0.15, 0.2) is 18.5 Å². The zero-order valence-corrected chi connectivity index (χ0v) is 9.13. The summed E-state index contributed by atoms with van der Waals surface area (Å²) < 4.78 is 0. The molecule has 0 amide bonds. The summed E-state index contributed by atoms with van der Waals surface area (Å²) in [4.78, 5) is 6.25. The Bertz CT molecular complexity index is 355. The fourth-order valence-electron chi connectivity index (χ4n) is 1.64. The standard InChI is InChI=1S/C10H12N4.ClH/c11-7-9-1-2-13-8-10(9)14-5-3-12-4-6-14;/h1-2,8,12H,3-6H2;1H. The molecule has 5 heteroatoms. The van der Waals surface area contributed by atoms with Crippen LogP contribution in [0.3, 0.4) is 0 Å². The van der Waals surface area contributed by atoms with Gasteiger partial charge in [0.05, 0.1) is 17.4 Å². The number of hydrogen-bond donors (Lipinski definition) is 1. The highest BCUT2D eigenvalue weighted by Crippen LogP contribution is 2.17. The first kappa shape index (κ1) is 11.8. The normalized spacial score (nSPS) is 15.3. The molecule has 1 aliphatic rings. The highest BCUT2D eigenvalue weighted by atomic mass is 35.5. The average molecular weight is 225 g/mol. The molecule has 1 fully saturated rings. The summed E-state index contributed by atoms with van der Waals surface area (Å²) in [6, 6.07) is 3.95. The number of nitrogens with one attached hydrogen (secondary N) is 1. The number of hydrogen-bond acceptors (Lipinski definition) is 4. The van der Waals surface area contributed by atoms with Gasteiger partial charge in [-0.05, 0) is 6.07 Å². The Hall–Kier alpha value is -1.31. The van der Waals surface area contributed by atoms with Gasteiger partial charge in [-0.1, -0.05) is 0 Å². The third kappa shape index (κ3) is 2.58. The summed E-state index contributed by atoms with van der Waals surface area (Å²) in [6.45, 7) is 3.83. The van der Waals surface area contributed by atoms with E-state index in [0.29, 0.717) is 5.56 Å². The minimum atomic E-state index is 0. The fraction of sp³-hybridized carbons (Fsp3) is 0.400. The second-order valence-electron chi connectivity index (χ2n) is 3.24. The van der Waals surface area contributed by atoms with Crippen LogP contribution in [0.4, 0.5) is 5.69 Å². The van der Waals surface area contributed by atoms with E-state index in [0.717, 1.165) is 31.9 Å². The van der Waals surface area contributed by atoms with Crippen molar-refractivity contribution in [1.82, 2.24) is 10.3 Å². The SMILES string of the molecule is Cl.N#Cc1ccncc1N1CCNCC1. The smallest absolute Gasteiger partial charge is 0.101 e. The summed E-state index contributed by atoms with van der Waals surface area (Å²) in [5, 5.41) is 12.2. The van der Waals surface area contributed by atoms with Gasteiger partial charge in [-0.15, -0.1) is 12.4 Å². The molecule has 0 aliphatic carbocycles. The van der Waals surface area contributed by atoms with Gasteiger partial charge >= 0.3 is 0 Å². The largest absolute Gasteiger partial charge is 0.367 e. The van der Waals surface area contributed by atoms with Gasteiger partial charge in [0.1, 0.15) is 6.07 Å².